The third-order valence-corrected chi connectivity index (χ3v) is 5.06. The largest absolute Gasteiger partial charge is 0.371 e. The van der Waals surface area contributed by atoms with Gasteiger partial charge in [0, 0.05) is 18.1 Å². The van der Waals surface area contributed by atoms with Crippen LogP contribution in [-0.4, -0.2) is 32.2 Å². The molecule has 1 heterocycles. The average molecular weight is 384 g/mol. The Morgan fingerprint density at radius 1 is 1.16 bits per heavy atom. The first-order valence-electron chi connectivity index (χ1n) is 7.87. The van der Waals surface area contributed by atoms with E-state index in [1.165, 1.54) is 12.1 Å². The number of hydrogen-bond acceptors (Lipinski definition) is 4. The number of rotatable bonds is 4. The number of halogens is 1. The molecule has 2 N–H and O–H groups in total. The summed E-state index contributed by atoms with van der Waals surface area (Å²) in [6.45, 7) is 6.45. The van der Waals surface area contributed by atoms with Crippen molar-refractivity contribution in [2.75, 3.05) is 13.1 Å². The van der Waals surface area contributed by atoms with Crippen molar-refractivity contribution in [1.29, 1.82) is 0 Å². The third kappa shape index (κ3) is 6.41. The molecular weight excluding hydrogens is 362 g/mol. The lowest BCUT2D eigenvalue weighted by atomic mass is 10.1. The molecule has 2 aromatic carbocycles. The van der Waals surface area contributed by atoms with Crippen LogP contribution in [0.1, 0.15) is 16.7 Å². The highest BCUT2D eigenvalue weighted by Crippen LogP contribution is 2.17. The molecule has 0 radical (unpaired) electrons. The molecule has 3 rings (SSSR count). The second-order valence-electron chi connectivity index (χ2n) is 5.96. The maximum atomic E-state index is 10.5. The van der Waals surface area contributed by atoms with Gasteiger partial charge in [0.1, 0.15) is 0 Å². The summed E-state index contributed by atoms with van der Waals surface area (Å²) in [5.41, 5.74) is 3.21. The van der Waals surface area contributed by atoms with Crippen molar-refractivity contribution < 1.29 is 17.7 Å². The van der Waals surface area contributed by atoms with Gasteiger partial charge >= 0.3 is 0 Å². The summed E-state index contributed by atoms with van der Waals surface area (Å²) in [7, 11) is -4.02. The predicted molar refractivity (Wildman–Crippen MR) is 98.6 cm³/mol. The van der Waals surface area contributed by atoms with Gasteiger partial charge < -0.3 is 10.1 Å². The molecule has 1 aliphatic rings. The molecule has 7 heteroatoms. The smallest absolute Gasteiger partial charge is 0.294 e. The third-order valence-electron chi connectivity index (χ3n) is 3.78. The highest BCUT2D eigenvalue weighted by molar-refractivity contribution is 7.85. The first-order chi connectivity index (χ1) is 11.8. The lowest BCUT2D eigenvalue weighted by Gasteiger charge is -2.27. The zero-order chi connectivity index (χ0) is 18.4. The molecule has 136 valence electrons. The van der Waals surface area contributed by atoms with Gasteiger partial charge in [-0.3, -0.25) is 4.55 Å². The fourth-order valence-electron chi connectivity index (χ4n) is 2.03. The Kier molecular flexibility index (Phi) is 6.98. The summed E-state index contributed by atoms with van der Waals surface area (Å²) in [6, 6.07) is 12.1. The van der Waals surface area contributed by atoms with E-state index in [4.69, 9.17) is 20.9 Å². The van der Waals surface area contributed by atoms with E-state index < -0.39 is 10.1 Å². The lowest BCUT2D eigenvalue weighted by Crippen LogP contribution is -2.48. The monoisotopic (exact) mass is 383 g/mol. The number of benzene rings is 2. The molecule has 5 nitrogen and oxygen atoms in total. The van der Waals surface area contributed by atoms with E-state index in [1.54, 1.807) is 12.1 Å². The van der Waals surface area contributed by atoms with Crippen LogP contribution in [0.2, 0.25) is 5.02 Å². The summed E-state index contributed by atoms with van der Waals surface area (Å²) >= 11 is 6.01. The van der Waals surface area contributed by atoms with Crippen LogP contribution in [0.25, 0.3) is 0 Å². The minimum Gasteiger partial charge on any atom is -0.371 e. The van der Waals surface area contributed by atoms with E-state index in [1.807, 2.05) is 26.0 Å². The summed E-state index contributed by atoms with van der Waals surface area (Å²) in [5, 5.41) is 3.98. The van der Waals surface area contributed by atoms with E-state index in [0.29, 0.717) is 12.7 Å². The topological polar surface area (TPSA) is 75.6 Å². The quantitative estimate of drug-likeness (QED) is 0.791. The molecular formula is C18H22ClNO4S. The van der Waals surface area contributed by atoms with Crippen molar-refractivity contribution in [2.45, 2.75) is 31.5 Å². The highest BCUT2D eigenvalue weighted by Gasteiger charge is 2.16. The zero-order valence-corrected chi connectivity index (χ0v) is 15.8. The van der Waals surface area contributed by atoms with Crippen molar-refractivity contribution >= 4 is 21.7 Å². The van der Waals surface area contributed by atoms with Crippen molar-refractivity contribution in [3.63, 3.8) is 0 Å². The minimum atomic E-state index is -4.02. The van der Waals surface area contributed by atoms with Gasteiger partial charge in [-0.25, -0.2) is 0 Å². The molecule has 0 amide bonds. The van der Waals surface area contributed by atoms with E-state index in [9.17, 15) is 8.42 Å². The predicted octanol–water partition coefficient (Wildman–Crippen LogP) is 3.38. The minimum absolute atomic E-state index is 0.0666. The molecule has 25 heavy (non-hydrogen) atoms. The van der Waals surface area contributed by atoms with Crippen LogP contribution in [-0.2, 0) is 21.5 Å². The Morgan fingerprint density at radius 2 is 1.80 bits per heavy atom. The molecule has 1 aliphatic heterocycles. The summed E-state index contributed by atoms with van der Waals surface area (Å²) in [5.74, 6) is 0. The van der Waals surface area contributed by atoms with Crippen LogP contribution >= 0.6 is 11.6 Å². The summed E-state index contributed by atoms with van der Waals surface area (Å²) < 4.78 is 35.2. The Labute approximate surface area is 153 Å². The normalized spacial score (nSPS) is 14.4. The van der Waals surface area contributed by atoms with Gasteiger partial charge in [-0.15, -0.1) is 0 Å². The van der Waals surface area contributed by atoms with Crippen molar-refractivity contribution in [1.82, 2.24) is 5.32 Å². The van der Waals surface area contributed by atoms with Gasteiger partial charge in [-0.05, 0) is 43.2 Å². The van der Waals surface area contributed by atoms with E-state index in [-0.39, 0.29) is 4.90 Å². The van der Waals surface area contributed by atoms with Gasteiger partial charge in [0.05, 0.1) is 17.6 Å². The molecule has 1 fully saturated rings. The number of ether oxygens (including phenoxy) is 1. The van der Waals surface area contributed by atoms with Crippen LogP contribution in [0.5, 0.6) is 0 Å². The molecule has 0 aromatic heterocycles. The SMILES string of the molecule is Cc1ccc(COC2CNC2)cc1Cl.Cc1ccc(S(=O)(=O)O)cc1. The number of nitrogens with one attached hydrogen (secondary N) is 1. The summed E-state index contributed by atoms with van der Waals surface area (Å²) in [4.78, 5) is -0.0666. The van der Waals surface area contributed by atoms with Crippen LogP contribution < -0.4 is 5.32 Å². The van der Waals surface area contributed by atoms with Gasteiger partial charge in [-0.1, -0.05) is 41.4 Å². The Morgan fingerprint density at radius 3 is 2.28 bits per heavy atom. The maximum absolute atomic E-state index is 10.5. The Hall–Kier alpha value is -1.44. The Bertz CT molecular complexity index is 802. The molecule has 1 saturated heterocycles. The molecule has 0 unspecified atom stereocenters. The van der Waals surface area contributed by atoms with Crippen LogP contribution in [0.3, 0.4) is 0 Å². The molecule has 0 saturated carbocycles. The Balaban J connectivity index is 0.000000186. The molecule has 2 aromatic rings. The van der Waals surface area contributed by atoms with E-state index >= 15 is 0 Å². The molecule has 0 spiro atoms. The van der Waals surface area contributed by atoms with Gasteiger partial charge in [0.25, 0.3) is 10.1 Å². The van der Waals surface area contributed by atoms with Crippen molar-refractivity contribution in [3.05, 3.63) is 64.2 Å². The van der Waals surface area contributed by atoms with Crippen LogP contribution in [0.15, 0.2) is 47.4 Å². The number of aryl methyl sites for hydroxylation is 2. The zero-order valence-electron chi connectivity index (χ0n) is 14.2. The van der Waals surface area contributed by atoms with Gasteiger partial charge in [0.15, 0.2) is 0 Å². The first-order valence-corrected chi connectivity index (χ1v) is 9.69. The summed E-state index contributed by atoms with van der Waals surface area (Å²) in [6.07, 6.45) is 0.384. The van der Waals surface area contributed by atoms with Crippen LogP contribution in [0, 0.1) is 13.8 Å². The molecule has 0 atom stereocenters. The first kappa shape index (κ1) is 19.9. The standard InChI is InChI=1S/C11H14ClNO.C7H8O3S/c1-8-2-3-9(4-11(8)12)7-14-10-5-13-6-10;1-6-2-4-7(5-3-6)11(8,9)10/h2-4,10,13H,5-7H2,1H3;2-5H,1H3,(H,8,9,10). The second-order valence-corrected chi connectivity index (χ2v) is 7.79. The molecule has 0 aliphatic carbocycles. The highest BCUT2D eigenvalue weighted by atomic mass is 35.5. The van der Waals surface area contributed by atoms with Gasteiger partial charge in [-0.2, -0.15) is 8.42 Å². The number of hydrogen-bond donors (Lipinski definition) is 2. The molecule has 0 bridgehead atoms. The van der Waals surface area contributed by atoms with Gasteiger partial charge in [0.2, 0.25) is 0 Å². The fraction of sp³-hybridized carbons (Fsp3) is 0.333. The fourth-order valence-corrected chi connectivity index (χ4v) is 2.71. The van der Waals surface area contributed by atoms with E-state index in [2.05, 4.69) is 11.4 Å². The van der Waals surface area contributed by atoms with Crippen LogP contribution in [0.4, 0.5) is 0 Å². The lowest BCUT2D eigenvalue weighted by molar-refractivity contribution is 0.00758. The van der Waals surface area contributed by atoms with Crippen molar-refractivity contribution in [2.24, 2.45) is 0 Å². The average Bonchev–Trinajstić information content (AvgIpc) is 2.49. The maximum Gasteiger partial charge on any atom is 0.294 e. The van der Waals surface area contributed by atoms with E-state index in [0.717, 1.165) is 34.8 Å². The second kappa shape index (κ2) is 8.78. The van der Waals surface area contributed by atoms with Crippen molar-refractivity contribution in [3.8, 4) is 0 Å².